The van der Waals surface area contributed by atoms with Crippen molar-refractivity contribution in [3.8, 4) is 0 Å². The van der Waals surface area contributed by atoms with E-state index in [1.807, 2.05) is 11.8 Å². The SMILES string of the molecule is CN1CCC(CCNC2=NCC(C)(C)CS2)CC1. The molecule has 1 N–H and O–H groups in total. The molecule has 4 heteroatoms. The average Bonchev–Trinajstić information content (AvgIpc) is 2.34. The molecule has 1 saturated heterocycles. The molecule has 2 heterocycles. The van der Waals surface area contributed by atoms with Gasteiger partial charge in [0.2, 0.25) is 0 Å². The van der Waals surface area contributed by atoms with E-state index in [-0.39, 0.29) is 0 Å². The largest absolute Gasteiger partial charge is 0.365 e. The standard InChI is InChI=1S/C14H27N3S/c1-14(2)10-16-13(18-11-14)15-7-4-12-5-8-17(3)9-6-12/h12H,4-11H2,1-3H3,(H,15,16). The third-order valence-electron chi connectivity index (χ3n) is 3.92. The predicted octanol–water partition coefficient (Wildman–Crippen LogP) is 2.44. The van der Waals surface area contributed by atoms with Crippen molar-refractivity contribution in [1.29, 1.82) is 0 Å². The topological polar surface area (TPSA) is 27.6 Å². The summed E-state index contributed by atoms with van der Waals surface area (Å²) in [6.07, 6.45) is 4.03. The lowest BCUT2D eigenvalue weighted by Crippen LogP contribution is -2.34. The molecule has 0 aliphatic carbocycles. The Balaban J connectivity index is 1.63. The number of amidine groups is 1. The fraction of sp³-hybridized carbons (Fsp3) is 0.929. The van der Waals surface area contributed by atoms with Crippen molar-refractivity contribution in [3.05, 3.63) is 0 Å². The highest BCUT2D eigenvalue weighted by molar-refractivity contribution is 8.13. The Hall–Kier alpha value is -0.220. The minimum Gasteiger partial charge on any atom is -0.365 e. The van der Waals surface area contributed by atoms with Crippen LogP contribution in [0.3, 0.4) is 0 Å². The number of thioether (sulfide) groups is 1. The summed E-state index contributed by atoms with van der Waals surface area (Å²) in [7, 11) is 2.23. The molecular weight excluding hydrogens is 242 g/mol. The molecule has 3 nitrogen and oxygen atoms in total. The predicted molar refractivity (Wildman–Crippen MR) is 81.4 cm³/mol. The van der Waals surface area contributed by atoms with Crippen LogP contribution in [0.5, 0.6) is 0 Å². The minimum atomic E-state index is 0.379. The van der Waals surface area contributed by atoms with Crippen LogP contribution in [-0.2, 0) is 0 Å². The molecule has 1 fully saturated rings. The number of hydrogen-bond donors (Lipinski definition) is 1. The molecular formula is C14H27N3S. The zero-order valence-electron chi connectivity index (χ0n) is 12.0. The number of hydrogen-bond acceptors (Lipinski definition) is 4. The molecule has 0 atom stereocenters. The van der Waals surface area contributed by atoms with Gasteiger partial charge in [-0.05, 0) is 50.7 Å². The van der Waals surface area contributed by atoms with E-state index in [1.54, 1.807) is 0 Å². The highest BCUT2D eigenvalue weighted by atomic mass is 32.2. The van der Waals surface area contributed by atoms with Crippen LogP contribution in [0.15, 0.2) is 4.99 Å². The van der Waals surface area contributed by atoms with E-state index in [0.717, 1.165) is 19.0 Å². The van der Waals surface area contributed by atoms with Crippen LogP contribution < -0.4 is 5.32 Å². The Morgan fingerprint density at radius 3 is 2.72 bits per heavy atom. The Bertz CT molecular complexity index is 293. The van der Waals surface area contributed by atoms with Crippen molar-refractivity contribution < 1.29 is 0 Å². The van der Waals surface area contributed by atoms with Gasteiger partial charge in [-0.1, -0.05) is 25.6 Å². The van der Waals surface area contributed by atoms with Crippen LogP contribution in [0, 0.1) is 11.3 Å². The fourth-order valence-electron chi connectivity index (χ4n) is 2.48. The second-order valence-electron chi connectivity index (χ2n) is 6.54. The van der Waals surface area contributed by atoms with E-state index >= 15 is 0 Å². The highest BCUT2D eigenvalue weighted by Crippen LogP contribution is 2.27. The second-order valence-corrected chi connectivity index (χ2v) is 7.50. The maximum absolute atomic E-state index is 4.64. The number of rotatable bonds is 3. The van der Waals surface area contributed by atoms with Gasteiger partial charge in [-0.2, -0.15) is 0 Å². The summed E-state index contributed by atoms with van der Waals surface area (Å²) in [4.78, 5) is 7.07. The van der Waals surface area contributed by atoms with Crippen molar-refractivity contribution in [2.45, 2.75) is 33.1 Å². The number of likely N-dealkylation sites (tertiary alicyclic amines) is 1. The molecule has 0 bridgehead atoms. The summed E-state index contributed by atoms with van der Waals surface area (Å²) < 4.78 is 0. The molecule has 2 aliphatic rings. The first-order valence-electron chi connectivity index (χ1n) is 7.15. The van der Waals surface area contributed by atoms with Gasteiger partial charge in [0.25, 0.3) is 0 Å². The van der Waals surface area contributed by atoms with Gasteiger partial charge in [0.1, 0.15) is 0 Å². The summed E-state index contributed by atoms with van der Waals surface area (Å²) in [5, 5.41) is 4.69. The molecule has 104 valence electrons. The van der Waals surface area contributed by atoms with Crippen LogP contribution in [0.2, 0.25) is 0 Å². The monoisotopic (exact) mass is 269 g/mol. The first-order valence-corrected chi connectivity index (χ1v) is 8.13. The lowest BCUT2D eigenvalue weighted by Gasteiger charge is -2.30. The normalized spacial score (nSPS) is 25.8. The molecule has 0 unspecified atom stereocenters. The van der Waals surface area contributed by atoms with E-state index in [0.29, 0.717) is 5.41 Å². The number of nitrogens with one attached hydrogen (secondary N) is 1. The average molecular weight is 269 g/mol. The van der Waals surface area contributed by atoms with Crippen LogP contribution >= 0.6 is 11.8 Å². The molecule has 0 aromatic heterocycles. The summed E-state index contributed by atoms with van der Waals surface area (Å²) in [6.45, 7) is 9.19. The maximum Gasteiger partial charge on any atom is 0.156 e. The van der Waals surface area contributed by atoms with Crippen LogP contribution in [0.4, 0.5) is 0 Å². The van der Waals surface area contributed by atoms with Crippen molar-refractivity contribution >= 4 is 16.9 Å². The van der Waals surface area contributed by atoms with E-state index in [9.17, 15) is 0 Å². The molecule has 0 spiro atoms. The summed E-state index contributed by atoms with van der Waals surface area (Å²) in [5.74, 6) is 2.10. The summed E-state index contributed by atoms with van der Waals surface area (Å²) in [5.41, 5.74) is 0.379. The number of aliphatic imine (C=N–C) groups is 1. The highest BCUT2D eigenvalue weighted by Gasteiger charge is 2.23. The van der Waals surface area contributed by atoms with E-state index in [1.165, 1.54) is 43.3 Å². The van der Waals surface area contributed by atoms with Gasteiger partial charge in [0.05, 0.1) is 0 Å². The molecule has 0 aromatic carbocycles. The van der Waals surface area contributed by atoms with Gasteiger partial charge < -0.3 is 10.2 Å². The van der Waals surface area contributed by atoms with Crippen molar-refractivity contribution in [3.63, 3.8) is 0 Å². The second kappa shape index (κ2) is 6.29. The molecule has 18 heavy (non-hydrogen) atoms. The molecule has 0 aromatic rings. The minimum absolute atomic E-state index is 0.379. The molecule has 0 saturated carbocycles. The summed E-state index contributed by atoms with van der Waals surface area (Å²) >= 11 is 1.89. The van der Waals surface area contributed by atoms with E-state index < -0.39 is 0 Å². The molecule has 2 rings (SSSR count). The van der Waals surface area contributed by atoms with Gasteiger partial charge in [0.15, 0.2) is 5.17 Å². The van der Waals surface area contributed by atoms with Gasteiger partial charge in [0, 0.05) is 18.8 Å². The van der Waals surface area contributed by atoms with Crippen LogP contribution in [-0.4, -0.2) is 49.0 Å². The van der Waals surface area contributed by atoms with Crippen molar-refractivity contribution in [1.82, 2.24) is 10.2 Å². The van der Waals surface area contributed by atoms with Gasteiger partial charge >= 0.3 is 0 Å². The zero-order chi connectivity index (χ0) is 13.0. The van der Waals surface area contributed by atoms with Crippen molar-refractivity contribution in [2.24, 2.45) is 16.3 Å². The van der Waals surface area contributed by atoms with E-state index in [2.05, 4.69) is 36.1 Å². The lowest BCUT2D eigenvalue weighted by atomic mass is 9.94. The van der Waals surface area contributed by atoms with Crippen molar-refractivity contribution in [2.75, 3.05) is 39.0 Å². The van der Waals surface area contributed by atoms with E-state index in [4.69, 9.17) is 0 Å². The Morgan fingerprint density at radius 1 is 1.39 bits per heavy atom. The number of piperidine rings is 1. The number of nitrogens with zero attached hydrogens (tertiary/aromatic N) is 2. The quantitative estimate of drug-likeness (QED) is 0.853. The third kappa shape index (κ3) is 4.47. The lowest BCUT2D eigenvalue weighted by molar-refractivity contribution is 0.213. The zero-order valence-corrected chi connectivity index (χ0v) is 12.9. The fourth-order valence-corrected chi connectivity index (χ4v) is 3.46. The first kappa shape index (κ1) is 14.2. The Labute approximate surface area is 116 Å². The van der Waals surface area contributed by atoms with Gasteiger partial charge in [-0.15, -0.1) is 0 Å². The molecule has 0 amide bonds. The van der Waals surface area contributed by atoms with Gasteiger partial charge in [-0.25, -0.2) is 0 Å². The smallest absolute Gasteiger partial charge is 0.156 e. The maximum atomic E-state index is 4.64. The third-order valence-corrected chi connectivity index (χ3v) is 5.39. The first-order chi connectivity index (χ1) is 8.55. The van der Waals surface area contributed by atoms with Gasteiger partial charge in [-0.3, -0.25) is 4.99 Å². The molecule has 2 aliphatic heterocycles. The molecule has 0 radical (unpaired) electrons. The van der Waals surface area contributed by atoms with Crippen LogP contribution in [0.1, 0.15) is 33.1 Å². The Morgan fingerprint density at radius 2 is 2.11 bits per heavy atom. The summed E-state index contributed by atoms with van der Waals surface area (Å²) in [6, 6.07) is 0. The van der Waals surface area contributed by atoms with Crippen LogP contribution in [0.25, 0.3) is 0 Å². The Kier molecular flexibility index (Phi) is 4.96.